The zero-order valence-electron chi connectivity index (χ0n) is 12.6. The first-order valence-electron chi connectivity index (χ1n) is 7.28. The van der Waals surface area contributed by atoms with E-state index in [1.54, 1.807) is 7.05 Å². The molecule has 6 heteroatoms. The van der Waals surface area contributed by atoms with E-state index in [2.05, 4.69) is 19.2 Å². The zero-order valence-corrected chi connectivity index (χ0v) is 12.6. The van der Waals surface area contributed by atoms with Crippen molar-refractivity contribution in [1.82, 2.24) is 5.32 Å². The van der Waals surface area contributed by atoms with Crippen LogP contribution in [0, 0.1) is 5.92 Å². The van der Waals surface area contributed by atoms with Crippen LogP contribution in [0.25, 0.3) is 0 Å². The number of nitrogens with one attached hydrogen (secondary N) is 1. The molecule has 0 amide bonds. The molecule has 0 heterocycles. The van der Waals surface area contributed by atoms with Crippen molar-refractivity contribution in [2.24, 2.45) is 5.92 Å². The Labute approximate surface area is 119 Å². The molecule has 0 saturated carbocycles. The minimum absolute atomic E-state index is 0.0292. The van der Waals surface area contributed by atoms with Crippen molar-refractivity contribution in [3.05, 3.63) is 0 Å². The lowest BCUT2D eigenvalue weighted by molar-refractivity contribution is -0.167. The van der Waals surface area contributed by atoms with Crippen LogP contribution >= 0.6 is 0 Å². The van der Waals surface area contributed by atoms with Crippen LogP contribution in [0.5, 0.6) is 0 Å². The SMILES string of the molecule is CCCCC(CC)CC(COCC(F)(F)C(F)F)NC. The van der Waals surface area contributed by atoms with Crippen LogP contribution in [0.3, 0.4) is 0 Å². The van der Waals surface area contributed by atoms with Gasteiger partial charge >= 0.3 is 12.3 Å². The molecule has 0 rings (SSSR count). The van der Waals surface area contributed by atoms with Gasteiger partial charge in [0.25, 0.3) is 0 Å². The largest absolute Gasteiger partial charge is 0.373 e. The van der Waals surface area contributed by atoms with Crippen molar-refractivity contribution < 1.29 is 22.3 Å². The van der Waals surface area contributed by atoms with E-state index in [0.717, 1.165) is 32.1 Å². The average Bonchev–Trinajstić information content (AvgIpc) is 2.41. The topological polar surface area (TPSA) is 21.3 Å². The molecule has 0 aromatic rings. The van der Waals surface area contributed by atoms with Crippen molar-refractivity contribution >= 4 is 0 Å². The highest BCUT2D eigenvalue weighted by atomic mass is 19.3. The molecule has 2 nitrogen and oxygen atoms in total. The summed E-state index contributed by atoms with van der Waals surface area (Å²) in [7, 11) is 1.73. The number of hydrogen-bond donors (Lipinski definition) is 1. The third-order valence-corrected chi connectivity index (χ3v) is 3.50. The number of unbranched alkanes of at least 4 members (excludes halogenated alkanes) is 1. The van der Waals surface area contributed by atoms with Crippen molar-refractivity contribution in [3.8, 4) is 0 Å². The lowest BCUT2D eigenvalue weighted by Crippen LogP contribution is -2.37. The van der Waals surface area contributed by atoms with E-state index in [1.807, 2.05) is 0 Å². The third kappa shape index (κ3) is 8.04. The molecule has 0 aliphatic rings. The summed E-state index contributed by atoms with van der Waals surface area (Å²) in [5, 5.41) is 3.00. The van der Waals surface area contributed by atoms with Gasteiger partial charge in [-0.2, -0.15) is 8.78 Å². The molecule has 0 aliphatic carbocycles. The van der Waals surface area contributed by atoms with Gasteiger partial charge in [-0.05, 0) is 19.4 Å². The lowest BCUT2D eigenvalue weighted by Gasteiger charge is -2.23. The summed E-state index contributed by atoms with van der Waals surface area (Å²) in [6.07, 6.45) is 1.51. The highest BCUT2D eigenvalue weighted by Crippen LogP contribution is 2.23. The first-order chi connectivity index (χ1) is 9.37. The van der Waals surface area contributed by atoms with Crippen LogP contribution in [-0.2, 0) is 4.74 Å². The predicted molar refractivity (Wildman–Crippen MR) is 72.5 cm³/mol. The number of alkyl halides is 4. The van der Waals surface area contributed by atoms with Crippen LogP contribution in [0.15, 0.2) is 0 Å². The monoisotopic (exact) mass is 301 g/mol. The smallest absolute Gasteiger partial charge is 0.330 e. The maximum atomic E-state index is 12.7. The molecule has 1 N–H and O–H groups in total. The minimum Gasteiger partial charge on any atom is -0.373 e. The second kappa shape index (κ2) is 10.4. The Morgan fingerprint density at radius 2 is 1.85 bits per heavy atom. The number of ether oxygens (including phenoxy) is 1. The lowest BCUT2D eigenvalue weighted by atomic mass is 9.92. The molecule has 2 unspecified atom stereocenters. The Hall–Kier alpha value is -0.360. The molecule has 0 radical (unpaired) electrons. The molecule has 122 valence electrons. The quantitative estimate of drug-likeness (QED) is 0.548. The van der Waals surface area contributed by atoms with Crippen LogP contribution in [-0.4, -0.2) is 38.7 Å². The minimum atomic E-state index is -4.06. The van der Waals surface area contributed by atoms with Crippen molar-refractivity contribution in [2.75, 3.05) is 20.3 Å². The van der Waals surface area contributed by atoms with E-state index >= 15 is 0 Å². The molecule has 0 fully saturated rings. The van der Waals surface area contributed by atoms with Crippen LogP contribution in [0.1, 0.15) is 46.0 Å². The normalized spacial score (nSPS) is 15.6. The molecule has 0 aromatic heterocycles. The van der Waals surface area contributed by atoms with E-state index in [9.17, 15) is 17.6 Å². The van der Waals surface area contributed by atoms with Gasteiger partial charge in [-0.25, -0.2) is 8.78 Å². The van der Waals surface area contributed by atoms with Gasteiger partial charge in [0, 0.05) is 6.04 Å². The van der Waals surface area contributed by atoms with Gasteiger partial charge in [-0.1, -0.05) is 39.5 Å². The summed E-state index contributed by atoms with van der Waals surface area (Å²) >= 11 is 0. The Kier molecular flexibility index (Phi) is 10.2. The maximum Gasteiger partial charge on any atom is 0.330 e. The van der Waals surface area contributed by atoms with E-state index in [1.165, 1.54) is 0 Å². The summed E-state index contributed by atoms with van der Waals surface area (Å²) in [6, 6.07) is -0.0784. The molecule has 0 bridgehead atoms. The highest BCUT2D eigenvalue weighted by molar-refractivity contribution is 4.72. The van der Waals surface area contributed by atoms with Crippen LogP contribution in [0.2, 0.25) is 0 Å². The average molecular weight is 301 g/mol. The fraction of sp³-hybridized carbons (Fsp3) is 1.00. The second-order valence-electron chi connectivity index (χ2n) is 5.21. The van der Waals surface area contributed by atoms with E-state index < -0.39 is 19.0 Å². The molecular formula is C14H27F4NO. The molecule has 2 atom stereocenters. The van der Waals surface area contributed by atoms with Gasteiger partial charge in [0.2, 0.25) is 0 Å². The summed E-state index contributed by atoms with van der Waals surface area (Å²) in [6.45, 7) is 3.02. The van der Waals surface area contributed by atoms with Gasteiger partial charge in [0.05, 0.1) is 6.61 Å². The van der Waals surface area contributed by atoms with E-state index in [-0.39, 0.29) is 12.6 Å². The summed E-state index contributed by atoms with van der Waals surface area (Å²) in [5.74, 6) is -3.56. The van der Waals surface area contributed by atoms with Crippen molar-refractivity contribution in [3.63, 3.8) is 0 Å². The second-order valence-corrected chi connectivity index (χ2v) is 5.21. The van der Waals surface area contributed by atoms with Gasteiger partial charge < -0.3 is 10.1 Å². The maximum absolute atomic E-state index is 12.7. The number of halogens is 4. The standard InChI is InChI=1S/C14H27F4NO/c1-4-6-7-11(5-2)8-12(19-3)9-20-10-14(17,18)13(15)16/h11-13,19H,4-10H2,1-3H3. The zero-order chi connectivity index (χ0) is 15.6. The number of rotatable bonds is 12. The Bertz CT molecular complexity index is 239. The fourth-order valence-corrected chi connectivity index (χ4v) is 2.05. The van der Waals surface area contributed by atoms with E-state index in [0.29, 0.717) is 5.92 Å². The molecule has 0 aromatic carbocycles. The van der Waals surface area contributed by atoms with E-state index in [4.69, 9.17) is 4.74 Å². The van der Waals surface area contributed by atoms with Gasteiger partial charge in [-0.15, -0.1) is 0 Å². The van der Waals surface area contributed by atoms with Crippen molar-refractivity contribution in [1.29, 1.82) is 0 Å². The fourth-order valence-electron chi connectivity index (χ4n) is 2.05. The van der Waals surface area contributed by atoms with Crippen LogP contribution < -0.4 is 5.32 Å². The molecule has 20 heavy (non-hydrogen) atoms. The Morgan fingerprint density at radius 3 is 2.30 bits per heavy atom. The van der Waals surface area contributed by atoms with Gasteiger partial charge in [-0.3, -0.25) is 0 Å². The van der Waals surface area contributed by atoms with Gasteiger partial charge in [0.15, 0.2) is 0 Å². The van der Waals surface area contributed by atoms with Gasteiger partial charge in [0.1, 0.15) is 6.61 Å². The Balaban J connectivity index is 4.08. The molecule has 0 aliphatic heterocycles. The number of likely N-dealkylation sites (N-methyl/N-ethyl adjacent to an activating group) is 1. The number of hydrogen-bond acceptors (Lipinski definition) is 2. The third-order valence-electron chi connectivity index (χ3n) is 3.50. The van der Waals surface area contributed by atoms with Crippen LogP contribution in [0.4, 0.5) is 17.6 Å². The van der Waals surface area contributed by atoms with Crippen molar-refractivity contribution in [2.45, 2.75) is 64.3 Å². The molecular weight excluding hydrogens is 274 g/mol. The first-order valence-corrected chi connectivity index (χ1v) is 7.28. The first kappa shape index (κ1) is 19.6. The summed E-state index contributed by atoms with van der Waals surface area (Å²) < 4.78 is 54.1. The molecule has 0 spiro atoms. The Morgan fingerprint density at radius 1 is 1.20 bits per heavy atom. The summed E-state index contributed by atoms with van der Waals surface area (Å²) in [4.78, 5) is 0. The highest BCUT2D eigenvalue weighted by Gasteiger charge is 2.41. The molecule has 0 saturated heterocycles. The summed E-state index contributed by atoms with van der Waals surface area (Å²) in [5.41, 5.74) is 0. The predicted octanol–water partition coefficient (Wildman–Crippen LogP) is 4.10.